The quantitative estimate of drug-likeness (QED) is 0.289. The molecule has 2 aromatic carbocycles. The zero-order chi connectivity index (χ0) is 33.7. The fraction of sp³-hybridized carbons (Fsp3) is 0.382. The van der Waals surface area contributed by atoms with Gasteiger partial charge >= 0.3 is 11.9 Å². The Kier molecular flexibility index (Phi) is 10.8. The molecule has 12 heteroatoms. The van der Waals surface area contributed by atoms with Crippen molar-refractivity contribution in [1.82, 2.24) is 4.57 Å². The molecule has 1 aromatic heterocycles. The maximum Gasteiger partial charge on any atom is 0.338 e. The minimum absolute atomic E-state index is 0.0460. The number of carbonyl (C=O) groups excluding carboxylic acids is 2. The number of hydrogen-bond donors (Lipinski definition) is 1. The third kappa shape index (κ3) is 6.91. The Labute approximate surface area is 271 Å². The van der Waals surface area contributed by atoms with Crippen molar-refractivity contribution in [3.8, 4) is 23.0 Å². The SMILES string of the molecule is CCOC(=O)C1=C(N)n2c(sc(=Cc3ccc(OC(C)C)c(OC)c3)c2=O)=C(C(=O)OCC)[C@H]1c1ccc(OC(C)C)c(OC)c1. The van der Waals surface area contributed by atoms with E-state index >= 15 is 0 Å². The summed E-state index contributed by atoms with van der Waals surface area (Å²) in [6, 6.07) is 10.4. The van der Waals surface area contributed by atoms with Gasteiger partial charge in [0.05, 0.1) is 61.2 Å². The molecule has 1 aliphatic rings. The van der Waals surface area contributed by atoms with Crippen LogP contribution in [0.4, 0.5) is 0 Å². The molecular formula is C34H40N2O9S. The van der Waals surface area contributed by atoms with Crippen molar-refractivity contribution in [3.05, 3.63) is 72.6 Å². The van der Waals surface area contributed by atoms with Crippen LogP contribution in [0.15, 0.2) is 46.8 Å². The number of fused-ring (bicyclic) bond motifs is 1. The van der Waals surface area contributed by atoms with Gasteiger partial charge in [-0.2, -0.15) is 0 Å². The number of aromatic nitrogens is 1. The highest BCUT2D eigenvalue weighted by atomic mass is 32.1. The van der Waals surface area contributed by atoms with Gasteiger partial charge in [0.1, 0.15) is 10.5 Å². The smallest absolute Gasteiger partial charge is 0.338 e. The molecule has 0 saturated heterocycles. The van der Waals surface area contributed by atoms with Crippen LogP contribution in [-0.4, -0.2) is 56.1 Å². The monoisotopic (exact) mass is 652 g/mol. The second-order valence-corrected chi connectivity index (χ2v) is 11.8. The number of rotatable bonds is 12. The highest BCUT2D eigenvalue weighted by Gasteiger charge is 2.40. The summed E-state index contributed by atoms with van der Waals surface area (Å²) < 4.78 is 35.4. The minimum atomic E-state index is -1.04. The third-order valence-corrected chi connectivity index (χ3v) is 7.98. The molecule has 3 aromatic rings. The first-order valence-electron chi connectivity index (χ1n) is 15.0. The molecule has 0 saturated carbocycles. The van der Waals surface area contributed by atoms with Gasteiger partial charge in [-0.05, 0) is 83.0 Å². The number of thiazole rings is 1. The number of benzene rings is 2. The predicted octanol–water partition coefficient (Wildman–Crippen LogP) is 3.53. The topological polar surface area (TPSA) is 138 Å². The van der Waals surface area contributed by atoms with E-state index in [9.17, 15) is 14.4 Å². The molecule has 46 heavy (non-hydrogen) atoms. The molecule has 4 rings (SSSR count). The molecule has 0 unspecified atom stereocenters. The van der Waals surface area contributed by atoms with Gasteiger partial charge in [0.25, 0.3) is 5.56 Å². The number of esters is 2. The maximum absolute atomic E-state index is 14.0. The summed E-state index contributed by atoms with van der Waals surface area (Å²) in [5, 5.41) is 0. The number of methoxy groups -OCH3 is 2. The molecule has 0 amide bonds. The van der Waals surface area contributed by atoms with Gasteiger partial charge in [0.15, 0.2) is 23.0 Å². The zero-order valence-corrected chi connectivity index (χ0v) is 28.1. The predicted molar refractivity (Wildman–Crippen MR) is 176 cm³/mol. The highest BCUT2D eigenvalue weighted by molar-refractivity contribution is 7.07. The lowest BCUT2D eigenvalue weighted by Crippen LogP contribution is -2.42. The van der Waals surface area contributed by atoms with Crippen LogP contribution in [0, 0.1) is 0 Å². The average molecular weight is 653 g/mol. The van der Waals surface area contributed by atoms with Gasteiger partial charge in [-0.1, -0.05) is 12.1 Å². The lowest BCUT2D eigenvalue weighted by atomic mass is 9.83. The van der Waals surface area contributed by atoms with Crippen molar-refractivity contribution in [2.24, 2.45) is 5.73 Å². The highest BCUT2D eigenvalue weighted by Crippen LogP contribution is 2.41. The van der Waals surface area contributed by atoms with Gasteiger partial charge in [-0.15, -0.1) is 11.3 Å². The molecule has 1 aliphatic heterocycles. The van der Waals surface area contributed by atoms with E-state index in [1.807, 2.05) is 27.7 Å². The summed E-state index contributed by atoms with van der Waals surface area (Å²) >= 11 is 1.06. The van der Waals surface area contributed by atoms with Crippen molar-refractivity contribution < 1.29 is 38.0 Å². The Balaban J connectivity index is 2.05. The average Bonchev–Trinajstić information content (AvgIpc) is 3.32. The number of hydrogen-bond acceptors (Lipinski definition) is 11. The van der Waals surface area contributed by atoms with Crippen LogP contribution in [0.25, 0.3) is 17.5 Å². The van der Waals surface area contributed by atoms with E-state index in [1.165, 1.54) is 18.8 Å². The lowest BCUT2D eigenvalue weighted by Gasteiger charge is -2.27. The normalized spacial score (nSPS) is 14.8. The van der Waals surface area contributed by atoms with Crippen LogP contribution in [0.1, 0.15) is 58.6 Å². The van der Waals surface area contributed by atoms with E-state index in [0.29, 0.717) is 34.1 Å². The van der Waals surface area contributed by atoms with Crippen LogP contribution in [0.3, 0.4) is 0 Å². The van der Waals surface area contributed by atoms with E-state index < -0.39 is 23.4 Å². The van der Waals surface area contributed by atoms with Crippen molar-refractivity contribution in [2.45, 2.75) is 59.7 Å². The van der Waals surface area contributed by atoms with Gasteiger partial charge in [-0.25, -0.2) is 9.59 Å². The molecule has 2 heterocycles. The number of carbonyl (C=O) groups is 2. The zero-order valence-electron chi connectivity index (χ0n) is 27.3. The first-order chi connectivity index (χ1) is 21.9. The van der Waals surface area contributed by atoms with Crippen LogP contribution >= 0.6 is 11.3 Å². The Morgan fingerprint density at radius 1 is 0.848 bits per heavy atom. The third-order valence-electron chi connectivity index (χ3n) is 6.87. The van der Waals surface area contributed by atoms with Gasteiger partial charge in [0, 0.05) is 0 Å². The van der Waals surface area contributed by atoms with Crippen molar-refractivity contribution >= 4 is 40.7 Å². The fourth-order valence-electron chi connectivity index (χ4n) is 5.09. The molecule has 0 aliphatic carbocycles. The second kappa shape index (κ2) is 14.6. The number of nitrogens with zero attached hydrogens (tertiary/aromatic N) is 1. The summed E-state index contributed by atoms with van der Waals surface area (Å²) in [6.45, 7) is 11.0. The standard InChI is InChI=1S/C34H40N2O9S/c1-9-42-33(38)28-27(21-12-14-23(45-19(5)6)25(17-21)41-8)29(34(39)43-10-2)32-36(30(28)35)31(37)26(46-32)16-20-11-13-22(44-18(3)4)24(15-20)40-7/h11-19,27H,9-10,35H2,1-8H3/t27-/m0/s1. The van der Waals surface area contributed by atoms with Gasteiger partial charge in [-0.3, -0.25) is 9.36 Å². The summed E-state index contributed by atoms with van der Waals surface area (Å²) in [5.41, 5.74) is 7.27. The van der Waals surface area contributed by atoms with E-state index in [2.05, 4.69) is 0 Å². The number of nitrogens with two attached hydrogens (primary N) is 1. The first-order valence-corrected chi connectivity index (χ1v) is 15.8. The van der Waals surface area contributed by atoms with E-state index in [1.54, 1.807) is 56.3 Å². The number of ether oxygens (including phenoxy) is 6. The van der Waals surface area contributed by atoms with Crippen molar-refractivity contribution in [2.75, 3.05) is 27.4 Å². The van der Waals surface area contributed by atoms with Gasteiger partial charge in [0.2, 0.25) is 0 Å². The Hall–Kier alpha value is -4.71. The lowest BCUT2D eigenvalue weighted by molar-refractivity contribution is -0.138. The molecule has 1 atom stereocenters. The Bertz CT molecular complexity index is 1840. The molecule has 0 bridgehead atoms. The van der Waals surface area contributed by atoms with Crippen LogP contribution in [-0.2, 0) is 19.1 Å². The molecular weight excluding hydrogens is 612 g/mol. The van der Waals surface area contributed by atoms with Crippen LogP contribution in [0.2, 0.25) is 0 Å². The molecule has 246 valence electrons. The summed E-state index contributed by atoms with van der Waals surface area (Å²) in [6.07, 6.45) is 1.47. The molecule has 0 radical (unpaired) electrons. The summed E-state index contributed by atoms with van der Waals surface area (Å²) in [7, 11) is 3.03. The Morgan fingerprint density at radius 3 is 1.93 bits per heavy atom. The van der Waals surface area contributed by atoms with Crippen molar-refractivity contribution in [3.63, 3.8) is 0 Å². The maximum atomic E-state index is 14.0. The minimum Gasteiger partial charge on any atom is -0.493 e. The molecule has 0 spiro atoms. The van der Waals surface area contributed by atoms with Gasteiger partial charge < -0.3 is 34.2 Å². The fourth-order valence-corrected chi connectivity index (χ4v) is 6.25. The molecule has 2 N–H and O–H groups in total. The molecule has 0 fully saturated rings. The first kappa shape index (κ1) is 34.2. The summed E-state index contributed by atoms with van der Waals surface area (Å²) in [5.74, 6) is -0.747. The van der Waals surface area contributed by atoms with E-state index in [-0.39, 0.29) is 51.6 Å². The van der Waals surface area contributed by atoms with Crippen LogP contribution < -0.4 is 39.4 Å². The van der Waals surface area contributed by atoms with Crippen molar-refractivity contribution in [1.29, 1.82) is 0 Å². The van der Waals surface area contributed by atoms with E-state index in [0.717, 1.165) is 11.3 Å². The second-order valence-electron chi connectivity index (χ2n) is 10.8. The van der Waals surface area contributed by atoms with E-state index in [4.69, 9.17) is 34.2 Å². The Morgan fingerprint density at radius 2 is 1.39 bits per heavy atom. The molecule has 11 nitrogen and oxygen atoms in total. The summed E-state index contributed by atoms with van der Waals surface area (Å²) in [4.78, 5) is 41.3. The van der Waals surface area contributed by atoms with Crippen LogP contribution in [0.5, 0.6) is 23.0 Å². The largest absolute Gasteiger partial charge is 0.493 e.